The Labute approximate surface area is 124 Å². The van der Waals surface area contributed by atoms with E-state index in [-0.39, 0.29) is 11.7 Å². The highest BCUT2D eigenvalue weighted by Gasteiger charge is 2.26. The molecule has 1 fully saturated rings. The second-order valence-corrected chi connectivity index (χ2v) is 5.70. The predicted octanol–water partition coefficient (Wildman–Crippen LogP) is 3.67. The first-order valence-corrected chi connectivity index (χ1v) is 7.24. The fourth-order valence-corrected chi connectivity index (χ4v) is 2.88. The maximum absolute atomic E-state index is 11.8. The molecule has 2 atom stereocenters. The van der Waals surface area contributed by atoms with Gasteiger partial charge in [0.25, 0.3) is 0 Å². The van der Waals surface area contributed by atoms with Gasteiger partial charge in [0.1, 0.15) is 11.7 Å². The third-order valence-electron chi connectivity index (χ3n) is 3.77. The van der Waals surface area contributed by atoms with Crippen LogP contribution in [0.5, 0.6) is 5.75 Å². The normalized spacial score (nSPS) is 22.4. The van der Waals surface area contributed by atoms with Gasteiger partial charge >= 0.3 is 5.97 Å². The van der Waals surface area contributed by atoms with Crippen molar-refractivity contribution >= 4 is 23.3 Å². The van der Waals surface area contributed by atoms with Gasteiger partial charge in [0.05, 0.1) is 12.1 Å². The predicted molar refractivity (Wildman–Crippen MR) is 79.3 cm³/mol. The third kappa shape index (κ3) is 3.18. The zero-order valence-electron chi connectivity index (χ0n) is 11.8. The number of esters is 1. The van der Waals surface area contributed by atoms with Crippen molar-refractivity contribution in [2.24, 2.45) is 5.92 Å². The van der Waals surface area contributed by atoms with Gasteiger partial charge in [-0.1, -0.05) is 24.9 Å². The lowest BCUT2D eigenvalue weighted by Crippen LogP contribution is -2.29. The fraction of sp³-hybridized carbons (Fsp3) is 0.533. The maximum Gasteiger partial charge on any atom is 0.341 e. The average Bonchev–Trinajstić information content (AvgIpc) is 2.42. The molecule has 0 saturated heterocycles. The maximum atomic E-state index is 11.8. The van der Waals surface area contributed by atoms with Gasteiger partial charge in [0.15, 0.2) is 5.75 Å². The molecule has 0 aromatic heterocycles. The lowest BCUT2D eigenvalue weighted by atomic mass is 9.88. The molecule has 0 bridgehead atoms. The summed E-state index contributed by atoms with van der Waals surface area (Å²) < 4.78 is 10.8. The number of rotatable bonds is 3. The van der Waals surface area contributed by atoms with E-state index in [1.165, 1.54) is 13.5 Å². The lowest BCUT2D eigenvalue weighted by molar-refractivity contribution is 0.0581. The number of hydrogen-bond donors (Lipinski definition) is 1. The summed E-state index contributed by atoms with van der Waals surface area (Å²) in [7, 11) is 1.33. The Morgan fingerprint density at radius 3 is 2.70 bits per heavy atom. The molecule has 1 aliphatic carbocycles. The van der Waals surface area contributed by atoms with Crippen molar-refractivity contribution in [3.63, 3.8) is 0 Å². The summed E-state index contributed by atoms with van der Waals surface area (Å²) in [6.45, 7) is 2.16. The van der Waals surface area contributed by atoms with Crippen LogP contribution in [0, 0.1) is 5.92 Å². The number of ether oxygens (including phenoxy) is 2. The van der Waals surface area contributed by atoms with E-state index in [1.54, 1.807) is 12.1 Å². The second-order valence-electron chi connectivity index (χ2n) is 5.29. The Morgan fingerprint density at radius 2 is 2.05 bits per heavy atom. The summed E-state index contributed by atoms with van der Waals surface area (Å²) in [6.07, 6.45) is 4.54. The number of nitrogens with two attached hydrogens (primary N) is 1. The van der Waals surface area contributed by atoms with Crippen LogP contribution in [0.3, 0.4) is 0 Å². The Morgan fingerprint density at radius 1 is 1.35 bits per heavy atom. The molecule has 1 aliphatic rings. The summed E-state index contributed by atoms with van der Waals surface area (Å²) in [6, 6.07) is 3.14. The van der Waals surface area contributed by atoms with E-state index in [9.17, 15) is 4.79 Å². The van der Waals surface area contributed by atoms with E-state index in [0.717, 1.165) is 19.3 Å². The van der Waals surface area contributed by atoms with Crippen LogP contribution in [0.4, 0.5) is 5.69 Å². The number of carbonyl (C=O) groups is 1. The minimum Gasteiger partial charge on any atom is -0.488 e. The van der Waals surface area contributed by atoms with Crippen LogP contribution in [0.2, 0.25) is 5.02 Å². The first-order chi connectivity index (χ1) is 9.52. The van der Waals surface area contributed by atoms with Crippen LogP contribution in [-0.4, -0.2) is 19.2 Å². The fourth-order valence-electron chi connectivity index (χ4n) is 2.60. The van der Waals surface area contributed by atoms with Crippen LogP contribution in [0.25, 0.3) is 0 Å². The second kappa shape index (κ2) is 6.35. The molecule has 2 unspecified atom stereocenters. The Hall–Kier alpha value is -1.42. The van der Waals surface area contributed by atoms with Crippen LogP contribution in [-0.2, 0) is 4.74 Å². The van der Waals surface area contributed by atoms with Crippen molar-refractivity contribution < 1.29 is 14.3 Å². The van der Waals surface area contributed by atoms with E-state index in [0.29, 0.717) is 22.4 Å². The van der Waals surface area contributed by atoms with Gasteiger partial charge in [-0.05, 0) is 37.3 Å². The molecule has 0 radical (unpaired) electrons. The molecule has 0 spiro atoms. The molecular weight excluding hydrogens is 278 g/mol. The highest BCUT2D eigenvalue weighted by molar-refractivity contribution is 6.33. The molecule has 0 aliphatic heterocycles. The van der Waals surface area contributed by atoms with E-state index < -0.39 is 5.97 Å². The van der Waals surface area contributed by atoms with Crippen molar-refractivity contribution in [3.05, 3.63) is 22.7 Å². The van der Waals surface area contributed by atoms with Gasteiger partial charge in [-0.3, -0.25) is 0 Å². The summed E-state index contributed by atoms with van der Waals surface area (Å²) in [5, 5.41) is 0.350. The van der Waals surface area contributed by atoms with E-state index >= 15 is 0 Å². The van der Waals surface area contributed by atoms with Crippen LogP contribution < -0.4 is 10.5 Å². The molecule has 20 heavy (non-hydrogen) atoms. The molecule has 0 amide bonds. The zero-order valence-corrected chi connectivity index (χ0v) is 12.6. The zero-order chi connectivity index (χ0) is 14.7. The minimum absolute atomic E-state index is 0.0771. The molecule has 2 rings (SSSR count). The highest BCUT2D eigenvalue weighted by Crippen LogP contribution is 2.36. The van der Waals surface area contributed by atoms with Crippen molar-refractivity contribution in [3.8, 4) is 5.75 Å². The first kappa shape index (κ1) is 15.0. The molecule has 1 saturated carbocycles. The topological polar surface area (TPSA) is 61.5 Å². The molecule has 110 valence electrons. The quantitative estimate of drug-likeness (QED) is 0.683. The number of hydrogen-bond acceptors (Lipinski definition) is 4. The number of carbonyl (C=O) groups excluding carboxylic acids is 1. The molecule has 1 aromatic carbocycles. The molecule has 0 heterocycles. The van der Waals surface area contributed by atoms with Gasteiger partial charge in [-0.2, -0.15) is 0 Å². The summed E-state index contributed by atoms with van der Waals surface area (Å²) in [5.41, 5.74) is 6.44. The van der Waals surface area contributed by atoms with Crippen molar-refractivity contribution in [1.29, 1.82) is 0 Å². The standard InChI is InChI=1S/C15H20ClNO3/c1-9-5-3-4-6-13(9)20-14-11(15(18)19-2)7-10(17)8-12(14)16/h7-9,13H,3-6,17H2,1-2H3. The summed E-state index contributed by atoms with van der Waals surface area (Å²) >= 11 is 6.19. The number of methoxy groups -OCH3 is 1. The smallest absolute Gasteiger partial charge is 0.341 e. The van der Waals surface area contributed by atoms with Crippen molar-refractivity contribution in [2.75, 3.05) is 12.8 Å². The number of halogens is 1. The highest BCUT2D eigenvalue weighted by atomic mass is 35.5. The van der Waals surface area contributed by atoms with Crippen molar-refractivity contribution in [2.45, 2.75) is 38.7 Å². The molecule has 1 aromatic rings. The Balaban J connectivity index is 2.32. The monoisotopic (exact) mass is 297 g/mol. The minimum atomic E-state index is -0.488. The summed E-state index contributed by atoms with van der Waals surface area (Å²) in [5.74, 6) is 0.340. The largest absolute Gasteiger partial charge is 0.488 e. The van der Waals surface area contributed by atoms with Gasteiger partial charge in [-0.15, -0.1) is 0 Å². The SMILES string of the molecule is COC(=O)c1cc(N)cc(Cl)c1OC1CCCCC1C. The first-order valence-electron chi connectivity index (χ1n) is 6.87. The third-order valence-corrected chi connectivity index (χ3v) is 4.05. The number of benzene rings is 1. The Bertz CT molecular complexity index is 504. The lowest BCUT2D eigenvalue weighted by Gasteiger charge is -2.30. The molecular formula is C15H20ClNO3. The molecule has 5 heteroatoms. The van der Waals surface area contributed by atoms with Crippen LogP contribution in [0.1, 0.15) is 43.0 Å². The van der Waals surface area contributed by atoms with Gasteiger partial charge in [0.2, 0.25) is 0 Å². The summed E-state index contributed by atoms with van der Waals surface area (Å²) in [4.78, 5) is 11.8. The van der Waals surface area contributed by atoms with E-state index in [2.05, 4.69) is 6.92 Å². The Kier molecular flexibility index (Phi) is 4.76. The molecule has 4 nitrogen and oxygen atoms in total. The van der Waals surface area contributed by atoms with E-state index in [1.807, 2.05) is 0 Å². The van der Waals surface area contributed by atoms with Crippen LogP contribution >= 0.6 is 11.6 Å². The number of anilines is 1. The van der Waals surface area contributed by atoms with Gasteiger partial charge in [0, 0.05) is 5.69 Å². The average molecular weight is 298 g/mol. The van der Waals surface area contributed by atoms with Gasteiger partial charge in [-0.25, -0.2) is 4.79 Å². The van der Waals surface area contributed by atoms with Crippen molar-refractivity contribution in [1.82, 2.24) is 0 Å². The molecule has 2 N–H and O–H groups in total. The van der Waals surface area contributed by atoms with Crippen LogP contribution in [0.15, 0.2) is 12.1 Å². The number of nitrogen functional groups attached to an aromatic ring is 1. The van der Waals surface area contributed by atoms with Gasteiger partial charge < -0.3 is 15.2 Å². The van der Waals surface area contributed by atoms with E-state index in [4.69, 9.17) is 26.8 Å².